The Kier molecular flexibility index (Phi) is 2.86. The lowest BCUT2D eigenvalue weighted by Crippen LogP contribution is -2.49. The summed E-state index contributed by atoms with van der Waals surface area (Å²) < 4.78 is 0. The minimum Gasteiger partial charge on any atom is -0.508 e. The van der Waals surface area contributed by atoms with Crippen molar-refractivity contribution in [1.82, 2.24) is 5.32 Å². The van der Waals surface area contributed by atoms with Crippen molar-refractivity contribution >= 4 is 0 Å². The van der Waals surface area contributed by atoms with E-state index in [4.69, 9.17) is 0 Å². The number of hydrogen-bond donors (Lipinski definition) is 5. The Hall–Kier alpha value is -1.14. The first-order valence-electron chi connectivity index (χ1n) is 5.11. The van der Waals surface area contributed by atoms with Gasteiger partial charge in [0.05, 0.1) is 18.2 Å². The first-order chi connectivity index (χ1) is 7.60. The molecule has 1 aliphatic heterocycles. The van der Waals surface area contributed by atoms with E-state index in [0.717, 1.165) is 0 Å². The van der Waals surface area contributed by atoms with Gasteiger partial charge in [0.2, 0.25) is 0 Å². The fraction of sp³-hybridized carbons (Fsp3) is 0.455. The molecule has 1 fully saturated rings. The summed E-state index contributed by atoms with van der Waals surface area (Å²) >= 11 is 0. The molecule has 0 bridgehead atoms. The highest BCUT2D eigenvalue weighted by molar-refractivity contribution is 5.34. The molecule has 1 heterocycles. The van der Waals surface area contributed by atoms with Crippen LogP contribution in [0.3, 0.4) is 0 Å². The standard InChI is InChI=1S/C11H15NO4/c13-6-11(10(16)9(15)5-12-11)7-1-3-8(14)4-2-7/h1-4,9-10,12-16H,5-6H2/t9-,10+,11+/m0/s1. The number of phenols is 1. The molecule has 1 saturated heterocycles. The van der Waals surface area contributed by atoms with Crippen LogP contribution in [-0.2, 0) is 5.54 Å². The van der Waals surface area contributed by atoms with Gasteiger partial charge in [-0.05, 0) is 17.7 Å². The minimum absolute atomic E-state index is 0.116. The maximum Gasteiger partial charge on any atom is 0.115 e. The molecular formula is C11H15NO4. The van der Waals surface area contributed by atoms with Crippen LogP contribution in [-0.4, -0.2) is 45.8 Å². The third-order valence-electron chi connectivity index (χ3n) is 3.13. The maximum atomic E-state index is 9.90. The van der Waals surface area contributed by atoms with Gasteiger partial charge in [0.25, 0.3) is 0 Å². The third kappa shape index (κ3) is 1.58. The highest BCUT2D eigenvalue weighted by Crippen LogP contribution is 2.31. The van der Waals surface area contributed by atoms with Gasteiger partial charge in [-0.2, -0.15) is 0 Å². The number of benzene rings is 1. The van der Waals surface area contributed by atoms with Crippen LogP contribution in [0.2, 0.25) is 0 Å². The largest absolute Gasteiger partial charge is 0.508 e. The molecule has 1 aliphatic rings. The zero-order valence-electron chi connectivity index (χ0n) is 8.67. The minimum atomic E-state index is -1.07. The normalized spacial score (nSPS) is 34.2. The Bertz CT molecular complexity index is 367. The summed E-state index contributed by atoms with van der Waals surface area (Å²) in [5.41, 5.74) is -0.413. The van der Waals surface area contributed by atoms with Crippen molar-refractivity contribution in [3.63, 3.8) is 0 Å². The van der Waals surface area contributed by atoms with Gasteiger partial charge in [0.1, 0.15) is 11.9 Å². The zero-order chi connectivity index (χ0) is 11.8. The number of aliphatic hydroxyl groups is 3. The summed E-state index contributed by atoms with van der Waals surface area (Å²) in [6, 6.07) is 6.18. The molecule has 0 spiro atoms. The van der Waals surface area contributed by atoms with Crippen LogP contribution in [0.5, 0.6) is 5.75 Å². The van der Waals surface area contributed by atoms with Crippen molar-refractivity contribution in [2.45, 2.75) is 17.7 Å². The van der Waals surface area contributed by atoms with Gasteiger partial charge >= 0.3 is 0 Å². The fourth-order valence-electron chi connectivity index (χ4n) is 2.10. The second-order valence-corrected chi connectivity index (χ2v) is 4.07. The number of β-amino-alcohol motifs (C(OH)–C–C–N with tert-alkyl or cyclic N) is 1. The molecule has 0 aliphatic carbocycles. The Balaban J connectivity index is 2.38. The Morgan fingerprint density at radius 2 is 1.88 bits per heavy atom. The molecule has 5 N–H and O–H groups in total. The van der Waals surface area contributed by atoms with Crippen LogP contribution in [0.1, 0.15) is 5.56 Å². The van der Waals surface area contributed by atoms with Crippen LogP contribution < -0.4 is 5.32 Å². The van der Waals surface area contributed by atoms with E-state index in [1.54, 1.807) is 12.1 Å². The lowest BCUT2D eigenvalue weighted by Gasteiger charge is -2.31. The number of nitrogens with one attached hydrogen (secondary N) is 1. The van der Waals surface area contributed by atoms with Crippen molar-refractivity contribution in [3.05, 3.63) is 29.8 Å². The number of phenolic OH excluding ortho intramolecular Hbond substituents is 1. The van der Waals surface area contributed by atoms with Crippen molar-refractivity contribution in [1.29, 1.82) is 0 Å². The molecule has 1 aromatic carbocycles. The fourth-order valence-corrected chi connectivity index (χ4v) is 2.10. The van der Waals surface area contributed by atoms with E-state index in [0.29, 0.717) is 5.56 Å². The topological polar surface area (TPSA) is 93.0 Å². The zero-order valence-corrected chi connectivity index (χ0v) is 8.67. The highest BCUT2D eigenvalue weighted by Gasteiger charge is 2.47. The van der Waals surface area contributed by atoms with E-state index in [9.17, 15) is 20.4 Å². The van der Waals surface area contributed by atoms with E-state index in [1.807, 2.05) is 0 Å². The van der Waals surface area contributed by atoms with Gasteiger partial charge in [0, 0.05) is 6.54 Å². The summed E-state index contributed by atoms with van der Waals surface area (Å²) in [5.74, 6) is 0.116. The molecule has 1 aromatic rings. The van der Waals surface area contributed by atoms with Gasteiger partial charge < -0.3 is 25.7 Å². The third-order valence-corrected chi connectivity index (χ3v) is 3.13. The van der Waals surface area contributed by atoms with Crippen LogP contribution >= 0.6 is 0 Å². The molecule has 0 saturated carbocycles. The van der Waals surface area contributed by atoms with Gasteiger partial charge in [-0.15, -0.1) is 0 Å². The Labute approximate surface area is 93.0 Å². The number of aromatic hydroxyl groups is 1. The molecule has 16 heavy (non-hydrogen) atoms. The van der Waals surface area contributed by atoms with Crippen LogP contribution in [0.4, 0.5) is 0 Å². The molecule has 5 nitrogen and oxygen atoms in total. The summed E-state index contributed by atoms with van der Waals surface area (Å²) in [6.07, 6.45) is -1.97. The maximum absolute atomic E-state index is 9.90. The Morgan fingerprint density at radius 3 is 2.31 bits per heavy atom. The lowest BCUT2D eigenvalue weighted by atomic mass is 9.86. The molecule has 2 rings (SSSR count). The Morgan fingerprint density at radius 1 is 1.25 bits per heavy atom. The first-order valence-corrected chi connectivity index (χ1v) is 5.11. The summed E-state index contributed by atoms with van der Waals surface area (Å²) in [4.78, 5) is 0. The first kappa shape index (κ1) is 11.3. The van der Waals surface area contributed by atoms with Crippen LogP contribution in [0, 0.1) is 0 Å². The highest BCUT2D eigenvalue weighted by atomic mass is 16.3. The molecule has 0 amide bonds. The predicted octanol–water partition coefficient (Wildman–Crippen LogP) is -1.10. The smallest absolute Gasteiger partial charge is 0.115 e. The molecule has 5 heteroatoms. The second kappa shape index (κ2) is 4.03. The quantitative estimate of drug-likeness (QED) is 0.441. The van der Waals surface area contributed by atoms with Gasteiger partial charge in [-0.3, -0.25) is 0 Å². The summed E-state index contributed by atoms with van der Waals surface area (Å²) in [5, 5.41) is 40.9. The molecular weight excluding hydrogens is 210 g/mol. The van der Waals surface area contributed by atoms with E-state index in [-0.39, 0.29) is 18.9 Å². The van der Waals surface area contributed by atoms with Crippen molar-refractivity contribution in [2.75, 3.05) is 13.2 Å². The molecule has 0 aromatic heterocycles. The van der Waals surface area contributed by atoms with E-state index in [1.165, 1.54) is 12.1 Å². The lowest BCUT2D eigenvalue weighted by molar-refractivity contribution is -0.0110. The van der Waals surface area contributed by atoms with E-state index >= 15 is 0 Å². The van der Waals surface area contributed by atoms with Crippen LogP contribution in [0.25, 0.3) is 0 Å². The summed E-state index contributed by atoms with van der Waals surface area (Å²) in [7, 11) is 0. The second-order valence-electron chi connectivity index (χ2n) is 4.07. The van der Waals surface area contributed by atoms with Crippen molar-refractivity contribution < 1.29 is 20.4 Å². The average molecular weight is 225 g/mol. The molecule has 88 valence electrons. The van der Waals surface area contributed by atoms with Crippen molar-refractivity contribution in [3.8, 4) is 5.75 Å². The van der Waals surface area contributed by atoms with Gasteiger partial charge in [-0.1, -0.05) is 12.1 Å². The average Bonchev–Trinajstić information content (AvgIpc) is 2.59. The molecule has 0 radical (unpaired) electrons. The van der Waals surface area contributed by atoms with Crippen molar-refractivity contribution in [2.24, 2.45) is 0 Å². The predicted molar refractivity (Wildman–Crippen MR) is 56.9 cm³/mol. The van der Waals surface area contributed by atoms with Gasteiger partial charge in [-0.25, -0.2) is 0 Å². The molecule has 0 unspecified atom stereocenters. The molecule has 3 atom stereocenters. The SMILES string of the molecule is OC[C@]1(c2ccc(O)cc2)NC[C@H](O)[C@H]1O. The number of aliphatic hydroxyl groups excluding tert-OH is 3. The van der Waals surface area contributed by atoms with Gasteiger partial charge in [0.15, 0.2) is 0 Å². The monoisotopic (exact) mass is 225 g/mol. The summed E-state index contributed by atoms with van der Waals surface area (Å²) in [6.45, 7) is -0.0986. The van der Waals surface area contributed by atoms with Crippen LogP contribution in [0.15, 0.2) is 24.3 Å². The van der Waals surface area contributed by atoms with E-state index in [2.05, 4.69) is 5.32 Å². The number of hydrogen-bond acceptors (Lipinski definition) is 5. The van der Waals surface area contributed by atoms with E-state index < -0.39 is 17.7 Å². The number of rotatable bonds is 2.